The maximum atomic E-state index is 11.6. The van der Waals surface area contributed by atoms with Crippen molar-refractivity contribution in [3.63, 3.8) is 0 Å². The second kappa shape index (κ2) is 7.92. The van der Waals surface area contributed by atoms with Crippen molar-refractivity contribution in [1.82, 2.24) is 4.90 Å². The first kappa shape index (κ1) is 19.1. The first-order valence-electron chi connectivity index (χ1n) is 9.27. The van der Waals surface area contributed by atoms with E-state index in [1.807, 2.05) is 32.0 Å². The van der Waals surface area contributed by atoms with Gasteiger partial charge >= 0.3 is 5.97 Å². The van der Waals surface area contributed by atoms with Gasteiger partial charge in [0.2, 0.25) is 0 Å². The maximum absolute atomic E-state index is 11.6. The Morgan fingerprint density at radius 2 is 2.11 bits per heavy atom. The summed E-state index contributed by atoms with van der Waals surface area (Å²) >= 11 is 0. The SMILES string of the molecule is Cc1cccc(/C=N/c2cc(CN3CC[C@@H](C)C3)cc(C(=O)O)c2O)c1C. The smallest absolute Gasteiger partial charge is 0.339 e. The van der Waals surface area contributed by atoms with E-state index in [4.69, 9.17) is 0 Å². The van der Waals surface area contributed by atoms with Crippen LogP contribution < -0.4 is 0 Å². The number of carbonyl (C=O) groups is 1. The van der Waals surface area contributed by atoms with Crippen LogP contribution in [0, 0.1) is 19.8 Å². The zero-order valence-electron chi connectivity index (χ0n) is 16.1. The van der Waals surface area contributed by atoms with Crippen molar-refractivity contribution in [2.24, 2.45) is 10.9 Å². The molecule has 2 N–H and O–H groups in total. The molecule has 5 heteroatoms. The van der Waals surface area contributed by atoms with Crippen molar-refractivity contribution in [3.05, 3.63) is 58.1 Å². The third-order valence-corrected chi connectivity index (χ3v) is 5.28. The molecule has 142 valence electrons. The van der Waals surface area contributed by atoms with E-state index in [1.54, 1.807) is 18.3 Å². The zero-order chi connectivity index (χ0) is 19.6. The van der Waals surface area contributed by atoms with E-state index < -0.39 is 5.97 Å². The van der Waals surface area contributed by atoms with Gasteiger partial charge in [-0.05, 0) is 67.1 Å². The molecule has 0 spiro atoms. The molecule has 0 amide bonds. The van der Waals surface area contributed by atoms with Gasteiger partial charge in [-0.25, -0.2) is 4.79 Å². The largest absolute Gasteiger partial charge is 0.505 e. The Bertz CT molecular complexity index is 889. The highest BCUT2D eigenvalue weighted by atomic mass is 16.4. The monoisotopic (exact) mass is 366 g/mol. The number of hydrogen-bond donors (Lipinski definition) is 2. The first-order valence-corrected chi connectivity index (χ1v) is 9.27. The fourth-order valence-electron chi connectivity index (χ4n) is 3.51. The minimum atomic E-state index is -1.15. The van der Waals surface area contributed by atoms with E-state index in [-0.39, 0.29) is 17.0 Å². The minimum Gasteiger partial charge on any atom is -0.505 e. The number of benzene rings is 2. The van der Waals surface area contributed by atoms with E-state index in [0.717, 1.165) is 41.8 Å². The highest BCUT2D eigenvalue weighted by molar-refractivity contribution is 5.94. The number of likely N-dealkylation sites (tertiary alicyclic amines) is 1. The molecular weight excluding hydrogens is 340 g/mol. The number of carboxylic acids is 1. The van der Waals surface area contributed by atoms with Crippen molar-refractivity contribution >= 4 is 17.9 Å². The normalized spacial score (nSPS) is 17.7. The van der Waals surface area contributed by atoms with Crippen molar-refractivity contribution in [3.8, 4) is 5.75 Å². The Hall–Kier alpha value is -2.66. The van der Waals surface area contributed by atoms with Gasteiger partial charge in [0.15, 0.2) is 5.75 Å². The summed E-state index contributed by atoms with van der Waals surface area (Å²) < 4.78 is 0. The molecule has 5 nitrogen and oxygen atoms in total. The molecule has 1 aliphatic rings. The number of rotatable bonds is 5. The van der Waals surface area contributed by atoms with Crippen LogP contribution in [-0.2, 0) is 6.54 Å². The Balaban J connectivity index is 1.94. The van der Waals surface area contributed by atoms with Crippen molar-refractivity contribution in [2.75, 3.05) is 13.1 Å². The van der Waals surface area contributed by atoms with E-state index in [2.05, 4.69) is 16.8 Å². The molecule has 1 saturated heterocycles. The summed E-state index contributed by atoms with van der Waals surface area (Å²) in [7, 11) is 0. The Kier molecular flexibility index (Phi) is 5.61. The van der Waals surface area contributed by atoms with Gasteiger partial charge in [0.25, 0.3) is 0 Å². The second-order valence-electron chi connectivity index (χ2n) is 7.49. The van der Waals surface area contributed by atoms with Crippen molar-refractivity contribution < 1.29 is 15.0 Å². The number of nitrogens with zero attached hydrogens (tertiary/aromatic N) is 2. The molecule has 0 radical (unpaired) electrons. The molecule has 1 fully saturated rings. The average Bonchev–Trinajstić information content (AvgIpc) is 3.03. The third kappa shape index (κ3) is 4.37. The molecule has 1 atom stereocenters. The summed E-state index contributed by atoms with van der Waals surface area (Å²) in [4.78, 5) is 18.3. The third-order valence-electron chi connectivity index (χ3n) is 5.28. The number of aryl methyl sites for hydroxylation is 1. The Labute approximate surface area is 160 Å². The minimum absolute atomic E-state index is 0.104. The van der Waals surface area contributed by atoms with E-state index in [9.17, 15) is 15.0 Å². The first-order chi connectivity index (χ1) is 12.8. The lowest BCUT2D eigenvalue weighted by molar-refractivity contribution is 0.0693. The van der Waals surface area contributed by atoms with Gasteiger partial charge in [-0.3, -0.25) is 9.89 Å². The molecule has 0 unspecified atom stereocenters. The number of phenols is 1. The van der Waals surface area contributed by atoms with E-state index >= 15 is 0 Å². The number of aromatic carboxylic acids is 1. The fraction of sp³-hybridized carbons (Fsp3) is 0.364. The van der Waals surface area contributed by atoms with Gasteiger partial charge in [0.05, 0.1) is 0 Å². The van der Waals surface area contributed by atoms with Crippen molar-refractivity contribution in [1.29, 1.82) is 0 Å². The molecule has 27 heavy (non-hydrogen) atoms. The number of aliphatic imine (C=N–C) groups is 1. The standard InChI is InChI=1S/C22H26N2O3/c1-14-7-8-24(12-14)13-17-9-19(22(26)27)21(25)20(10-17)23-11-18-6-4-5-15(2)16(18)3/h4-6,9-11,14,25H,7-8,12-13H2,1-3H3,(H,26,27)/b23-11+/t14-/m1/s1. The topological polar surface area (TPSA) is 73.1 Å². The molecule has 0 aromatic heterocycles. The summed E-state index contributed by atoms with van der Waals surface area (Å²) in [6, 6.07) is 9.28. The number of aromatic hydroxyl groups is 1. The van der Waals surface area contributed by atoms with E-state index in [1.165, 1.54) is 0 Å². The van der Waals surface area contributed by atoms with Gasteiger partial charge in [0.1, 0.15) is 11.3 Å². The van der Waals surface area contributed by atoms with Gasteiger partial charge in [-0.2, -0.15) is 0 Å². The zero-order valence-corrected chi connectivity index (χ0v) is 16.1. The van der Waals surface area contributed by atoms with Crippen LogP contribution in [0.3, 0.4) is 0 Å². The molecule has 1 heterocycles. The van der Waals surface area contributed by atoms with Gasteiger partial charge in [0, 0.05) is 19.3 Å². The molecule has 0 bridgehead atoms. The average molecular weight is 366 g/mol. The summed E-state index contributed by atoms with van der Waals surface area (Å²) in [5.74, 6) is -0.780. The van der Waals surface area contributed by atoms with Crippen LogP contribution in [0.1, 0.15) is 46.0 Å². The van der Waals surface area contributed by atoms with Crippen LogP contribution in [0.2, 0.25) is 0 Å². The Morgan fingerprint density at radius 3 is 2.78 bits per heavy atom. The maximum Gasteiger partial charge on any atom is 0.339 e. The van der Waals surface area contributed by atoms with Crippen LogP contribution in [0.25, 0.3) is 0 Å². The molecule has 0 aliphatic carbocycles. The Morgan fingerprint density at radius 1 is 1.33 bits per heavy atom. The van der Waals surface area contributed by atoms with Crippen LogP contribution in [0.4, 0.5) is 5.69 Å². The molecule has 2 aromatic rings. The lowest BCUT2D eigenvalue weighted by atomic mass is 10.0. The second-order valence-corrected chi connectivity index (χ2v) is 7.49. The predicted molar refractivity (Wildman–Crippen MR) is 107 cm³/mol. The van der Waals surface area contributed by atoms with Crippen LogP contribution in [0.5, 0.6) is 5.75 Å². The molecular formula is C22H26N2O3. The van der Waals surface area contributed by atoms with Crippen LogP contribution in [0.15, 0.2) is 35.3 Å². The highest BCUT2D eigenvalue weighted by Crippen LogP contribution is 2.33. The van der Waals surface area contributed by atoms with Gasteiger partial charge < -0.3 is 10.2 Å². The van der Waals surface area contributed by atoms with E-state index in [0.29, 0.717) is 12.5 Å². The van der Waals surface area contributed by atoms with Gasteiger partial charge in [-0.15, -0.1) is 0 Å². The molecule has 3 rings (SSSR count). The lowest BCUT2D eigenvalue weighted by Gasteiger charge is -2.16. The summed E-state index contributed by atoms with van der Waals surface area (Å²) in [5, 5.41) is 19.8. The van der Waals surface area contributed by atoms with Crippen LogP contribution in [-0.4, -0.2) is 40.4 Å². The lowest BCUT2D eigenvalue weighted by Crippen LogP contribution is -2.19. The number of carboxylic acid groups (broad SMARTS) is 1. The molecule has 0 saturated carbocycles. The molecule has 2 aromatic carbocycles. The number of hydrogen-bond acceptors (Lipinski definition) is 4. The summed E-state index contributed by atoms with van der Waals surface area (Å²) in [5.41, 5.74) is 4.26. The fourth-order valence-corrected chi connectivity index (χ4v) is 3.51. The van der Waals surface area contributed by atoms with Crippen LogP contribution >= 0.6 is 0 Å². The molecule has 1 aliphatic heterocycles. The summed E-state index contributed by atoms with van der Waals surface area (Å²) in [6.45, 7) is 8.95. The summed E-state index contributed by atoms with van der Waals surface area (Å²) in [6.07, 6.45) is 2.84. The van der Waals surface area contributed by atoms with Gasteiger partial charge in [-0.1, -0.05) is 25.1 Å². The van der Waals surface area contributed by atoms with Crippen molar-refractivity contribution in [2.45, 2.75) is 33.7 Å². The quantitative estimate of drug-likeness (QED) is 0.774. The predicted octanol–water partition coefficient (Wildman–Crippen LogP) is 4.30. The highest BCUT2D eigenvalue weighted by Gasteiger charge is 2.21.